The van der Waals surface area contributed by atoms with E-state index in [4.69, 9.17) is 4.74 Å². The Balaban J connectivity index is 1.64. The van der Waals surface area contributed by atoms with Crippen molar-refractivity contribution in [2.75, 3.05) is 18.1 Å². The van der Waals surface area contributed by atoms with Crippen molar-refractivity contribution in [1.29, 1.82) is 0 Å². The lowest BCUT2D eigenvalue weighted by Crippen LogP contribution is -2.37. The van der Waals surface area contributed by atoms with Gasteiger partial charge in [-0.15, -0.1) is 0 Å². The van der Waals surface area contributed by atoms with Crippen molar-refractivity contribution in [3.63, 3.8) is 0 Å². The van der Waals surface area contributed by atoms with Gasteiger partial charge >= 0.3 is 6.09 Å². The molecule has 0 bridgehead atoms. The van der Waals surface area contributed by atoms with E-state index >= 15 is 0 Å². The van der Waals surface area contributed by atoms with E-state index in [2.05, 4.69) is 20.3 Å². The zero-order chi connectivity index (χ0) is 23.4. The molecule has 1 aliphatic heterocycles. The van der Waals surface area contributed by atoms with Crippen LogP contribution >= 0.6 is 0 Å². The predicted molar refractivity (Wildman–Crippen MR) is 125 cm³/mol. The molecule has 170 valence electrons. The smallest absolute Gasteiger partial charge is 0.414 e. The largest absolute Gasteiger partial charge is 0.447 e. The van der Waals surface area contributed by atoms with E-state index in [9.17, 15) is 9.59 Å². The average molecular weight is 446 g/mol. The summed E-state index contributed by atoms with van der Waals surface area (Å²) in [6, 6.07) is 9.19. The van der Waals surface area contributed by atoms with Crippen LogP contribution in [0.4, 0.5) is 10.5 Å². The summed E-state index contributed by atoms with van der Waals surface area (Å²) in [5, 5.41) is 2.94. The van der Waals surface area contributed by atoms with Crippen LogP contribution in [-0.4, -0.2) is 46.1 Å². The van der Waals surface area contributed by atoms with Gasteiger partial charge in [-0.25, -0.2) is 4.79 Å². The maximum absolute atomic E-state index is 13.0. The molecular formula is C25H27N5O3. The lowest BCUT2D eigenvalue weighted by molar-refractivity contribution is 0.0954. The highest BCUT2D eigenvalue weighted by Gasteiger charge is 2.36. The van der Waals surface area contributed by atoms with Crippen LogP contribution in [0, 0.1) is 12.8 Å². The number of nitrogens with one attached hydrogen (secondary N) is 1. The number of rotatable bonds is 7. The van der Waals surface area contributed by atoms with Gasteiger partial charge in [0, 0.05) is 54.6 Å². The standard InChI is InChI=1S/C25H27N5O3/c1-16(2)23-15-33-25(32)30(23)21-11-18(22-5-4-17(3)13-29-22)10-19(12-21)24(31)28-7-6-20-14-26-8-9-27-20/h4-5,8-14,16,23H,6-7,15H2,1-3H3,(H,28,31)/t23-/m0/s1. The molecule has 2 aromatic heterocycles. The molecule has 1 fully saturated rings. The van der Waals surface area contributed by atoms with Crippen LogP contribution in [0.3, 0.4) is 0 Å². The van der Waals surface area contributed by atoms with Crippen molar-refractivity contribution in [3.05, 3.63) is 71.9 Å². The van der Waals surface area contributed by atoms with E-state index < -0.39 is 6.09 Å². The Morgan fingerprint density at radius 3 is 2.73 bits per heavy atom. The topological polar surface area (TPSA) is 97.3 Å². The van der Waals surface area contributed by atoms with Gasteiger partial charge in [0.05, 0.1) is 17.4 Å². The van der Waals surface area contributed by atoms with Crippen molar-refractivity contribution in [3.8, 4) is 11.3 Å². The molecule has 0 spiro atoms. The molecule has 1 aromatic carbocycles. The van der Waals surface area contributed by atoms with Crippen LogP contribution in [0.5, 0.6) is 0 Å². The average Bonchev–Trinajstić information content (AvgIpc) is 3.21. The molecule has 3 heterocycles. The molecule has 0 saturated carbocycles. The zero-order valence-electron chi connectivity index (χ0n) is 19.0. The van der Waals surface area contributed by atoms with Gasteiger partial charge in [-0.1, -0.05) is 19.9 Å². The molecule has 8 heteroatoms. The molecule has 0 radical (unpaired) electrons. The van der Waals surface area contributed by atoms with E-state index in [1.807, 2.05) is 39.0 Å². The summed E-state index contributed by atoms with van der Waals surface area (Å²) >= 11 is 0. The first-order valence-electron chi connectivity index (χ1n) is 11.0. The van der Waals surface area contributed by atoms with Crippen molar-refractivity contribution < 1.29 is 14.3 Å². The summed E-state index contributed by atoms with van der Waals surface area (Å²) in [7, 11) is 0. The fourth-order valence-corrected chi connectivity index (χ4v) is 3.76. The third-order valence-electron chi connectivity index (χ3n) is 5.62. The number of ether oxygens (including phenoxy) is 1. The Morgan fingerprint density at radius 2 is 2.03 bits per heavy atom. The highest BCUT2D eigenvalue weighted by Crippen LogP contribution is 2.32. The Kier molecular flexibility index (Phi) is 6.63. The van der Waals surface area contributed by atoms with Crippen molar-refractivity contribution in [1.82, 2.24) is 20.3 Å². The number of cyclic esters (lactones) is 1. The minimum absolute atomic E-state index is 0.105. The van der Waals surface area contributed by atoms with Crippen LogP contribution in [0.25, 0.3) is 11.3 Å². The first-order valence-corrected chi connectivity index (χ1v) is 11.0. The molecular weight excluding hydrogens is 418 g/mol. The minimum atomic E-state index is -0.406. The Bertz CT molecular complexity index is 1130. The van der Waals surface area contributed by atoms with Gasteiger partial charge in [0.15, 0.2) is 0 Å². The summed E-state index contributed by atoms with van der Waals surface area (Å²) in [6.07, 6.45) is 6.86. The van der Waals surface area contributed by atoms with Crippen LogP contribution in [0.1, 0.15) is 35.5 Å². The number of hydrogen-bond donors (Lipinski definition) is 1. The highest BCUT2D eigenvalue weighted by molar-refractivity contribution is 5.99. The molecule has 0 aliphatic carbocycles. The van der Waals surface area contributed by atoms with Gasteiger partial charge < -0.3 is 10.1 Å². The molecule has 1 aliphatic rings. The van der Waals surface area contributed by atoms with E-state index in [1.54, 1.807) is 41.8 Å². The van der Waals surface area contributed by atoms with Gasteiger partial charge in [-0.2, -0.15) is 0 Å². The number of amides is 2. The Morgan fingerprint density at radius 1 is 1.18 bits per heavy atom. The second-order valence-electron chi connectivity index (χ2n) is 8.45. The van der Waals surface area contributed by atoms with Gasteiger partial charge in [0.1, 0.15) is 6.61 Å². The van der Waals surface area contributed by atoms with Crippen molar-refractivity contribution in [2.24, 2.45) is 5.92 Å². The van der Waals surface area contributed by atoms with E-state index in [0.717, 1.165) is 22.5 Å². The normalized spacial score (nSPS) is 15.6. The van der Waals surface area contributed by atoms with E-state index in [0.29, 0.717) is 30.8 Å². The number of nitrogens with zero attached hydrogens (tertiary/aromatic N) is 4. The maximum atomic E-state index is 13.0. The molecule has 1 saturated heterocycles. The molecule has 0 unspecified atom stereocenters. The van der Waals surface area contributed by atoms with Crippen LogP contribution in [0.2, 0.25) is 0 Å². The van der Waals surface area contributed by atoms with Gasteiger partial charge in [0.25, 0.3) is 5.91 Å². The van der Waals surface area contributed by atoms with Gasteiger partial charge in [-0.05, 0) is 42.7 Å². The number of aryl methyl sites for hydroxylation is 1. The van der Waals surface area contributed by atoms with Gasteiger partial charge in [-0.3, -0.25) is 24.6 Å². The summed E-state index contributed by atoms with van der Waals surface area (Å²) in [6.45, 7) is 6.80. The molecule has 8 nitrogen and oxygen atoms in total. The highest BCUT2D eigenvalue weighted by atomic mass is 16.6. The van der Waals surface area contributed by atoms with Crippen LogP contribution in [-0.2, 0) is 11.2 Å². The fraction of sp³-hybridized carbons (Fsp3) is 0.320. The molecule has 33 heavy (non-hydrogen) atoms. The first kappa shape index (κ1) is 22.4. The number of benzene rings is 1. The number of pyridine rings is 1. The van der Waals surface area contributed by atoms with Crippen LogP contribution in [0.15, 0.2) is 55.1 Å². The summed E-state index contributed by atoms with van der Waals surface area (Å²) in [5.74, 6) is -0.0374. The third-order valence-corrected chi connectivity index (χ3v) is 5.62. The molecule has 4 rings (SSSR count). The van der Waals surface area contributed by atoms with E-state index in [1.165, 1.54) is 0 Å². The number of aromatic nitrogens is 3. The lowest BCUT2D eigenvalue weighted by Gasteiger charge is -2.25. The summed E-state index contributed by atoms with van der Waals surface area (Å²) in [5.41, 5.74) is 4.40. The molecule has 1 N–H and O–H groups in total. The number of anilines is 1. The summed E-state index contributed by atoms with van der Waals surface area (Å²) in [4.78, 5) is 40.0. The third kappa shape index (κ3) is 5.16. The summed E-state index contributed by atoms with van der Waals surface area (Å²) < 4.78 is 5.33. The monoisotopic (exact) mass is 445 g/mol. The van der Waals surface area contributed by atoms with Crippen molar-refractivity contribution >= 4 is 17.7 Å². The Labute approximate surface area is 193 Å². The molecule has 3 aromatic rings. The quantitative estimate of drug-likeness (QED) is 0.594. The number of carbonyl (C=O) groups is 2. The predicted octanol–water partition coefficient (Wildman–Crippen LogP) is 3.80. The SMILES string of the molecule is Cc1ccc(-c2cc(C(=O)NCCc3cnccn3)cc(N3C(=O)OC[C@H]3C(C)C)c2)nc1. The Hall–Kier alpha value is -3.81. The van der Waals surface area contributed by atoms with Crippen LogP contribution < -0.4 is 10.2 Å². The lowest BCUT2D eigenvalue weighted by atomic mass is 10.0. The minimum Gasteiger partial charge on any atom is -0.447 e. The molecule has 1 atom stereocenters. The first-order chi connectivity index (χ1) is 15.9. The zero-order valence-corrected chi connectivity index (χ0v) is 19.0. The van der Waals surface area contributed by atoms with Crippen molar-refractivity contribution in [2.45, 2.75) is 33.2 Å². The van der Waals surface area contributed by atoms with E-state index in [-0.39, 0.29) is 17.9 Å². The molecule has 2 amide bonds. The maximum Gasteiger partial charge on any atom is 0.414 e. The van der Waals surface area contributed by atoms with Gasteiger partial charge in [0.2, 0.25) is 0 Å². The second kappa shape index (κ2) is 9.77. The number of carbonyl (C=O) groups excluding carboxylic acids is 2. The number of hydrogen-bond acceptors (Lipinski definition) is 6. The second-order valence-corrected chi connectivity index (χ2v) is 8.45. The fourth-order valence-electron chi connectivity index (χ4n) is 3.76.